The highest BCUT2D eigenvalue weighted by Gasteiger charge is 2.34. The van der Waals surface area contributed by atoms with Crippen LogP contribution in [0.2, 0.25) is 0 Å². The number of hydrogen-bond donors (Lipinski definition) is 2. The van der Waals surface area contributed by atoms with Crippen LogP contribution in [0.5, 0.6) is 0 Å². The van der Waals surface area contributed by atoms with Crippen LogP contribution in [0.25, 0.3) is 0 Å². The standard InChI is InChI=1S/C23H25N5O4/c1-15-11-19(27(2)26-15)23(31)25-18-5-3-17(4-6-18)22(30)20-13-32-14-21(29)28(20)12-16-7-9-24-10-8-16/h3-11,20,22,30H,12-14H2,1-2H3,(H,25,31)/t20-,22-/m1/s1. The Labute approximate surface area is 185 Å². The molecule has 32 heavy (non-hydrogen) atoms. The van der Waals surface area contributed by atoms with Crippen LogP contribution < -0.4 is 5.32 Å². The first-order valence-corrected chi connectivity index (χ1v) is 10.3. The molecular weight excluding hydrogens is 410 g/mol. The van der Waals surface area contributed by atoms with Crippen LogP contribution in [-0.4, -0.2) is 55.8 Å². The van der Waals surface area contributed by atoms with Gasteiger partial charge in [-0.1, -0.05) is 12.1 Å². The number of amides is 2. The average molecular weight is 435 g/mol. The van der Waals surface area contributed by atoms with Gasteiger partial charge in [-0.05, 0) is 48.4 Å². The van der Waals surface area contributed by atoms with Crippen molar-refractivity contribution >= 4 is 17.5 Å². The number of benzene rings is 1. The van der Waals surface area contributed by atoms with Crippen molar-refractivity contribution in [1.82, 2.24) is 19.7 Å². The zero-order valence-corrected chi connectivity index (χ0v) is 17.9. The van der Waals surface area contributed by atoms with Gasteiger partial charge in [0.15, 0.2) is 0 Å². The van der Waals surface area contributed by atoms with E-state index in [9.17, 15) is 14.7 Å². The van der Waals surface area contributed by atoms with E-state index in [2.05, 4.69) is 15.4 Å². The maximum absolute atomic E-state index is 12.5. The summed E-state index contributed by atoms with van der Waals surface area (Å²) in [5.41, 5.74) is 3.36. The van der Waals surface area contributed by atoms with Gasteiger partial charge in [-0.3, -0.25) is 19.3 Å². The van der Waals surface area contributed by atoms with E-state index < -0.39 is 12.1 Å². The van der Waals surface area contributed by atoms with E-state index >= 15 is 0 Å². The number of nitrogens with zero attached hydrogens (tertiary/aromatic N) is 4. The molecule has 0 radical (unpaired) electrons. The number of aliphatic hydroxyl groups is 1. The summed E-state index contributed by atoms with van der Waals surface area (Å²) in [4.78, 5) is 30.6. The van der Waals surface area contributed by atoms with Crippen molar-refractivity contribution in [3.8, 4) is 0 Å². The molecule has 1 aromatic carbocycles. The van der Waals surface area contributed by atoms with Gasteiger partial charge in [0.1, 0.15) is 18.4 Å². The number of aryl methyl sites for hydroxylation is 2. The van der Waals surface area contributed by atoms with Gasteiger partial charge in [-0.15, -0.1) is 0 Å². The van der Waals surface area contributed by atoms with Gasteiger partial charge in [0.25, 0.3) is 5.91 Å². The Morgan fingerprint density at radius 3 is 2.62 bits per heavy atom. The molecule has 1 fully saturated rings. The van der Waals surface area contributed by atoms with E-state index in [0.717, 1.165) is 11.3 Å². The van der Waals surface area contributed by atoms with Crippen molar-refractivity contribution in [2.45, 2.75) is 25.6 Å². The SMILES string of the molecule is Cc1cc(C(=O)Nc2ccc([C@@H](O)[C@H]3COCC(=O)N3Cc3ccncc3)cc2)n(C)n1. The molecule has 2 N–H and O–H groups in total. The predicted molar refractivity (Wildman–Crippen MR) is 117 cm³/mol. The van der Waals surface area contributed by atoms with E-state index in [4.69, 9.17) is 4.74 Å². The summed E-state index contributed by atoms with van der Waals surface area (Å²) in [7, 11) is 1.71. The fourth-order valence-corrected chi connectivity index (χ4v) is 3.78. The van der Waals surface area contributed by atoms with Gasteiger partial charge in [0.2, 0.25) is 5.91 Å². The molecule has 2 aromatic heterocycles. The minimum absolute atomic E-state index is 0.00718. The molecule has 9 heteroatoms. The molecule has 3 aromatic rings. The first-order chi connectivity index (χ1) is 15.4. The maximum atomic E-state index is 12.5. The highest BCUT2D eigenvalue weighted by Crippen LogP contribution is 2.26. The second-order valence-electron chi connectivity index (χ2n) is 7.78. The van der Waals surface area contributed by atoms with Gasteiger partial charge in [0.05, 0.1) is 18.3 Å². The Kier molecular flexibility index (Phi) is 6.29. The topological polar surface area (TPSA) is 110 Å². The monoisotopic (exact) mass is 435 g/mol. The molecule has 0 saturated carbocycles. The minimum atomic E-state index is -0.939. The quantitative estimate of drug-likeness (QED) is 0.611. The lowest BCUT2D eigenvalue weighted by Gasteiger charge is -2.38. The van der Waals surface area contributed by atoms with Gasteiger partial charge in [-0.2, -0.15) is 5.10 Å². The van der Waals surface area contributed by atoms with Gasteiger partial charge >= 0.3 is 0 Å². The van der Waals surface area contributed by atoms with Gasteiger partial charge < -0.3 is 20.1 Å². The second-order valence-corrected chi connectivity index (χ2v) is 7.78. The molecule has 2 atom stereocenters. The number of rotatable bonds is 6. The number of aromatic nitrogens is 3. The zero-order valence-electron chi connectivity index (χ0n) is 17.9. The molecule has 4 rings (SSSR count). The molecule has 0 unspecified atom stereocenters. The fourth-order valence-electron chi connectivity index (χ4n) is 3.78. The van der Waals surface area contributed by atoms with E-state index in [1.165, 1.54) is 4.68 Å². The molecule has 1 saturated heterocycles. The van der Waals surface area contributed by atoms with E-state index in [-0.39, 0.29) is 25.0 Å². The third kappa shape index (κ3) is 4.68. The molecule has 2 amide bonds. The smallest absolute Gasteiger partial charge is 0.273 e. The number of morpholine rings is 1. The van der Waals surface area contributed by atoms with Crippen LogP contribution in [0.4, 0.5) is 5.69 Å². The number of hydrogen-bond acceptors (Lipinski definition) is 6. The Morgan fingerprint density at radius 2 is 1.97 bits per heavy atom. The van der Waals surface area contributed by atoms with Crippen molar-refractivity contribution in [1.29, 1.82) is 0 Å². The number of anilines is 1. The van der Waals surface area contributed by atoms with Crippen LogP contribution in [0, 0.1) is 6.92 Å². The summed E-state index contributed by atoms with van der Waals surface area (Å²) in [6.45, 7) is 2.42. The molecule has 9 nitrogen and oxygen atoms in total. The van der Waals surface area contributed by atoms with Crippen molar-refractivity contribution in [2.75, 3.05) is 18.5 Å². The third-order valence-corrected chi connectivity index (χ3v) is 5.45. The number of ether oxygens (including phenoxy) is 1. The first-order valence-electron chi connectivity index (χ1n) is 10.3. The van der Waals surface area contributed by atoms with E-state index in [1.54, 1.807) is 54.7 Å². The first kappa shape index (κ1) is 21.7. The number of pyridine rings is 1. The maximum Gasteiger partial charge on any atom is 0.273 e. The zero-order chi connectivity index (χ0) is 22.7. The summed E-state index contributed by atoms with van der Waals surface area (Å²) in [6.07, 6.45) is 2.41. The van der Waals surface area contributed by atoms with Crippen molar-refractivity contribution in [2.24, 2.45) is 7.05 Å². The Balaban J connectivity index is 1.47. The summed E-state index contributed by atoms with van der Waals surface area (Å²) in [6, 6.07) is 11.8. The van der Waals surface area contributed by atoms with Crippen LogP contribution >= 0.6 is 0 Å². The molecule has 166 valence electrons. The molecule has 1 aliphatic heterocycles. The van der Waals surface area contributed by atoms with E-state index in [0.29, 0.717) is 23.5 Å². The molecule has 0 spiro atoms. The normalized spacial score (nSPS) is 17.3. The van der Waals surface area contributed by atoms with Gasteiger partial charge in [0, 0.05) is 31.7 Å². The minimum Gasteiger partial charge on any atom is -0.386 e. The summed E-state index contributed by atoms with van der Waals surface area (Å²) in [5.74, 6) is -0.441. The fraction of sp³-hybridized carbons (Fsp3) is 0.304. The number of carbonyl (C=O) groups excluding carboxylic acids is 2. The number of aliphatic hydroxyl groups excluding tert-OH is 1. The summed E-state index contributed by atoms with van der Waals surface area (Å²) < 4.78 is 6.94. The molecule has 3 heterocycles. The summed E-state index contributed by atoms with van der Waals surface area (Å²) in [5, 5.41) is 18.0. The lowest BCUT2D eigenvalue weighted by Crippen LogP contribution is -2.51. The van der Waals surface area contributed by atoms with Crippen LogP contribution in [-0.2, 0) is 23.1 Å². The van der Waals surface area contributed by atoms with E-state index in [1.807, 2.05) is 19.1 Å². The van der Waals surface area contributed by atoms with Crippen LogP contribution in [0.15, 0.2) is 54.9 Å². The number of nitrogens with one attached hydrogen (secondary N) is 1. The molecule has 0 aliphatic carbocycles. The van der Waals surface area contributed by atoms with Crippen LogP contribution in [0.3, 0.4) is 0 Å². The highest BCUT2D eigenvalue weighted by molar-refractivity contribution is 6.03. The highest BCUT2D eigenvalue weighted by atomic mass is 16.5. The molecular formula is C23H25N5O4. The van der Waals surface area contributed by atoms with Crippen molar-refractivity contribution in [3.05, 3.63) is 77.4 Å². The van der Waals surface area contributed by atoms with Crippen LogP contribution in [0.1, 0.15) is 33.4 Å². The Hall–Kier alpha value is -3.56. The largest absolute Gasteiger partial charge is 0.386 e. The Morgan fingerprint density at radius 1 is 1.25 bits per heavy atom. The van der Waals surface area contributed by atoms with Gasteiger partial charge in [-0.25, -0.2) is 0 Å². The Bertz CT molecular complexity index is 1100. The lowest BCUT2D eigenvalue weighted by atomic mass is 9.99. The molecule has 1 aliphatic rings. The average Bonchev–Trinajstić information content (AvgIpc) is 3.14. The second kappa shape index (κ2) is 9.29. The number of carbonyl (C=O) groups is 2. The third-order valence-electron chi connectivity index (χ3n) is 5.45. The van der Waals surface area contributed by atoms with Crippen molar-refractivity contribution < 1.29 is 19.4 Å². The predicted octanol–water partition coefficient (Wildman–Crippen LogP) is 1.84. The van der Waals surface area contributed by atoms with Crippen molar-refractivity contribution in [3.63, 3.8) is 0 Å². The summed E-state index contributed by atoms with van der Waals surface area (Å²) >= 11 is 0. The molecule has 0 bridgehead atoms. The lowest BCUT2D eigenvalue weighted by molar-refractivity contribution is -0.155.